The van der Waals surface area contributed by atoms with Crippen LogP contribution >= 0.6 is 0 Å². The SMILES string of the molecule is CC1(C)c2cc(-c3cc[c-]c(-c4cc5ccccc5cn4)c3)ccc2-n2c3ccccc3c3ccc(-c4ccccc4)c1c32.[Ir]. The summed E-state index contributed by atoms with van der Waals surface area (Å²) in [6, 6.07) is 51.7. The van der Waals surface area contributed by atoms with Crippen molar-refractivity contribution in [1.29, 1.82) is 0 Å². The largest absolute Gasteiger partial charge is 0.309 e. The van der Waals surface area contributed by atoms with E-state index in [0.717, 1.165) is 22.2 Å². The van der Waals surface area contributed by atoms with Gasteiger partial charge in [-0.05, 0) is 62.5 Å². The van der Waals surface area contributed by atoms with E-state index in [1.165, 1.54) is 60.7 Å². The van der Waals surface area contributed by atoms with Crippen molar-refractivity contribution in [2.45, 2.75) is 19.3 Å². The number of benzene rings is 6. The number of aromatic nitrogens is 2. The summed E-state index contributed by atoms with van der Waals surface area (Å²) in [5.74, 6) is 0. The molecule has 1 aliphatic heterocycles. The fourth-order valence-electron chi connectivity index (χ4n) is 7.37. The molecule has 1 radical (unpaired) electrons. The molecule has 0 bridgehead atoms. The number of hydrogen-bond donors (Lipinski definition) is 0. The van der Waals surface area contributed by atoms with E-state index in [1.54, 1.807) is 0 Å². The third-order valence-corrected chi connectivity index (χ3v) is 9.50. The number of rotatable bonds is 3. The first-order valence-electron chi connectivity index (χ1n) is 15.2. The molecule has 0 unspecified atom stereocenters. The molecular weight excluding hydrogens is 725 g/mol. The molecule has 0 spiro atoms. The zero-order chi connectivity index (χ0) is 29.4. The van der Waals surface area contributed by atoms with Crippen LogP contribution in [0, 0.1) is 6.07 Å². The van der Waals surface area contributed by atoms with Gasteiger partial charge in [0.1, 0.15) is 0 Å². The van der Waals surface area contributed by atoms with Crippen molar-refractivity contribution < 1.29 is 20.1 Å². The summed E-state index contributed by atoms with van der Waals surface area (Å²) in [5.41, 5.74) is 13.1. The molecular formula is C42H29IrN2-. The van der Waals surface area contributed by atoms with Gasteiger partial charge in [0, 0.05) is 42.5 Å². The van der Waals surface area contributed by atoms with Crippen molar-refractivity contribution in [3.8, 4) is 39.2 Å². The second-order valence-corrected chi connectivity index (χ2v) is 12.4. The Bertz CT molecular complexity index is 2420. The molecule has 0 aliphatic carbocycles. The zero-order valence-corrected chi connectivity index (χ0v) is 27.4. The average molecular weight is 754 g/mol. The van der Waals surface area contributed by atoms with E-state index in [-0.39, 0.29) is 25.5 Å². The number of para-hydroxylation sites is 1. The average Bonchev–Trinajstić information content (AvgIpc) is 3.42. The first kappa shape index (κ1) is 27.7. The Hall–Kier alpha value is -4.82. The van der Waals surface area contributed by atoms with Gasteiger partial charge in [-0.25, -0.2) is 0 Å². The molecule has 45 heavy (non-hydrogen) atoms. The molecule has 9 rings (SSSR count). The van der Waals surface area contributed by atoms with E-state index >= 15 is 0 Å². The molecule has 2 aromatic heterocycles. The van der Waals surface area contributed by atoms with E-state index in [2.05, 4.69) is 152 Å². The van der Waals surface area contributed by atoms with Crippen LogP contribution in [0.2, 0.25) is 0 Å². The Balaban J connectivity index is 0.00000300. The molecule has 2 nitrogen and oxygen atoms in total. The maximum absolute atomic E-state index is 4.78. The van der Waals surface area contributed by atoms with Crippen LogP contribution in [0.4, 0.5) is 0 Å². The van der Waals surface area contributed by atoms with Crippen molar-refractivity contribution >= 4 is 32.6 Å². The van der Waals surface area contributed by atoms with Crippen molar-refractivity contribution in [3.63, 3.8) is 0 Å². The Labute approximate surface area is 276 Å². The van der Waals surface area contributed by atoms with E-state index < -0.39 is 0 Å². The minimum absolute atomic E-state index is 0. The second-order valence-electron chi connectivity index (χ2n) is 12.4. The maximum atomic E-state index is 4.78. The number of nitrogens with zero attached hydrogens (tertiary/aromatic N) is 2. The summed E-state index contributed by atoms with van der Waals surface area (Å²) in [7, 11) is 0. The zero-order valence-electron chi connectivity index (χ0n) is 25.0. The van der Waals surface area contributed by atoms with Crippen LogP contribution in [0.5, 0.6) is 0 Å². The monoisotopic (exact) mass is 754 g/mol. The van der Waals surface area contributed by atoms with Gasteiger partial charge in [-0.15, -0.1) is 35.4 Å². The van der Waals surface area contributed by atoms with E-state index in [1.807, 2.05) is 12.3 Å². The molecule has 8 aromatic rings. The molecule has 3 heterocycles. The van der Waals surface area contributed by atoms with Gasteiger partial charge in [-0.3, -0.25) is 0 Å². The van der Waals surface area contributed by atoms with Crippen LogP contribution in [0.25, 0.3) is 71.8 Å². The Kier molecular flexibility index (Phi) is 6.39. The standard InChI is InChI=1S/C42H29N2.Ir/c1-42(2)36-24-30(28-15-10-16-31(23-28)37-25-29-13-6-7-14-32(29)26-43-37)19-22-39(36)44-38-18-9-8-17-34(38)35-21-20-33(40(42)41(35)44)27-11-4-3-5-12-27;/h3-15,17-26H,1-2H3;/q-1;. The van der Waals surface area contributed by atoms with Crippen LogP contribution in [0.3, 0.4) is 0 Å². The van der Waals surface area contributed by atoms with Gasteiger partial charge in [0.05, 0.1) is 16.7 Å². The summed E-state index contributed by atoms with van der Waals surface area (Å²) in [6.45, 7) is 4.78. The molecule has 0 saturated heterocycles. The summed E-state index contributed by atoms with van der Waals surface area (Å²) in [6.07, 6.45) is 1.95. The van der Waals surface area contributed by atoms with Gasteiger partial charge in [-0.2, -0.15) is 0 Å². The van der Waals surface area contributed by atoms with Crippen LogP contribution in [-0.4, -0.2) is 9.55 Å². The van der Waals surface area contributed by atoms with Gasteiger partial charge in [0.2, 0.25) is 0 Å². The number of hydrogen-bond acceptors (Lipinski definition) is 1. The molecule has 3 heteroatoms. The van der Waals surface area contributed by atoms with Gasteiger partial charge < -0.3 is 9.55 Å². The fourth-order valence-corrected chi connectivity index (χ4v) is 7.37. The molecule has 0 saturated carbocycles. The topological polar surface area (TPSA) is 17.8 Å². The molecule has 1 aliphatic rings. The summed E-state index contributed by atoms with van der Waals surface area (Å²) in [5, 5.41) is 4.93. The molecule has 217 valence electrons. The van der Waals surface area contributed by atoms with Gasteiger partial charge >= 0.3 is 0 Å². The normalized spacial score (nSPS) is 13.1. The Morgan fingerprint density at radius 2 is 1.40 bits per heavy atom. The van der Waals surface area contributed by atoms with Crippen LogP contribution in [0.15, 0.2) is 140 Å². The molecule has 0 atom stereocenters. The van der Waals surface area contributed by atoms with Gasteiger partial charge in [0.25, 0.3) is 0 Å². The second kappa shape index (κ2) is 10.4. The summed E-state index contributed by atoms with van der Waals surface area (Å²) in [4.78, 5) is 4.78. The van der Waals surface area contributed by atoms with Gasteiger partial charge in [-0.1, -0.05) is 111 Å². The Morgan fingerprint density at radius 1 is 0.644 bits per heavy atom. The first-order chi connectivity index (χ1) is 21.6. The van der Waals surface area contributed by atoms with Crippen molar-refractivity contribution in [2.75, 3.05) is 0 Å². The smallest absolute Gasteiger partial charge is 0.0588 e. The minimum Gasteiger partial charge on any atom is -0.309 e. The van der Waals surface area contributed by atoms with Crippen LogP contribution in [0.1, 0.15) is 25.0 Å². The summed E-state index contributed by atoms with van der Waals surface area (Å²) < 4.78 is 2.50. The quantitative estimate of drug-likeness (QED) is 0.164. The minimum atomic E-state index is -0.232. The van der Waals surface area contributed by atoms with Crippen LogP contribution < -0.4 is 0 Å². The van der Waals surface area contributed by atoms with Crippen LogP contribution in [-0.2, 0) is 25.5 Å². The predicted octanol–water partition coefficient (Wildman–Crippen LogP) is 10.8. The Morgan fingerprint density at radius 3 is 2.27 bits per heavy atom. The number of fused-ring (bicyclic) bond motifs is 6. The molecule has 0 amide bonds. The first-order valence-corrected chi connectivity index (χ1v) is 15.2. The van der Waals surface area contributed by atoms with Crippen molar-refractivity contribution in [3.05, 3.63) is 157 Å². The third-order valence-electron chi connectivity index (χ3n) is 9.50. The molecule has 0 N–H and O–H groups in total. The van der Waals surface area contributed by atoms with Gasteiger partial charge in [0.15, 0.2) is 0 Å². The fraction of sp³-hybridized carbons (Fsp3) is 0.0714. The predicted molar refractivity (Wildman–Crippen MR) is 183 cm³/mol. The van der Waals surface area contributed by atoms with E-state index in [0.29, 0.717) is 0 Å². The summed E-state index contributed by atoms with van der Waals surface area (Å²) >= 11 is 0. The van der Waals surface area contributed by atoms with E-state index in [9.17, 15) is 0 Å². The third kappa shape index (κ3) is 4.15. The molecule has 0 fully saturated rings. The molecule has 6 aromatic carbocycles. The maximum Gasteiger partial charge on any atom is 0.0588 e. The van der Waals surface area contributed by atoms with E-state index in [4.69, 9.17) is 4.98 Å². The van der Waals surface area contributed by atoms with Crippen molar-refractivity contribution in [2.24, 2.45) is 0 Å². The van der Waals surface area contributed by atoms with Crippen molar-refractivity contribution in [1.82, 2.24) is 9.55 Å². The number of pyridine rings is 1.